The van der Waals surface area contributed by atoms with Crippen molar-refractivity contribution in [1.29, 1.82) is 0 Å². The molecule has 0 saturated carbocycles. The van der Waals surface area contributed by atoms with Crippen LogP contribution in [0.3, 0.4) is 0 Å². The molecule has 1 aromatic rings. The lowest BCUT2D eigenvalue weighted by Crippen LogP contribution is -2.40. The lowest BCUT2D eigenvalue weighted by Gasteiger charge is -2.26. The normalized spacial score (nSPS) is 18.7. The highest BCUT2D eigenvalue weighted by molar-refractivity contribution is 5.88. The molecule has 2 aliphatic rings. The summed E-state index contributed by atoms with van der Waals surface area (Å²) in [5.41, 5.74) is 0. The van der Waals surface area contributed by atoms with Gasteiger partial charge in [-0.2, -0.15) is 0 Å². The fraction of sp³-hybridized carbons (Fsp3) is 0.438. The minimum atomic E-state index is -0.101. The Hall–Kier alpha value is -2.41. The largest absolute Gasteiger partial charge is 0.493 e. The van der Waals surface area contributed by atoms with Crippen LogP contribution in [0.2, 0.25) is 0 Å². The monoisotopic (exact) mass is 321 g/mol. The molecule has 2 heterocycles. The fourth-order valence-electron chi connectivity index (χ4n) is 2.44. The van der Waals surface area contributed by atoms with Crippen LogP contribution in [0, 0.1) is 0 Å². The van der Waals surface area contributed by atoms with Crippen molar-refractivity contribution in [3.05, 3.63) is 24.0 Å². The van der Waals surface area contributed by atoms with Crippen molar-refractivity contribution in [2.45, 2.75) is 0 Å². The van der Waals surface area contributed by atoms with E-state index < -0.39 is 0 Å². The first-order chi connectivity index (χ1) is 11.2. The minimum absolute atomic E-state index is 0.101. The second kappa shape index (κ2) is 6.78. The van der Waals surface area contributed by atoms with E-state index >= 15 is 0 Å². The third-order valence-corrected chi connectivity index (χ3v) is 3.67. The molecule has 0 aliphatic carbocycles. The molecular weight excluding hydrogens is 302 g/mol. The Morgan fingerprint density at radius 3 is 2.43 bits per heavy atom. The Labute approximate surface area is 134 Å². The zero-order chi connectivity index (χ0) is 16.2. The van der Waals surface area contributed by atoms with Crippen LogP contribution in [0.5, 0.6) is 23.0 Å². The highest BCUT2D eigenvalue weighted by Gasteiger charge is 2.22. The molecule has 7 heteroatoms. The number of rotatable bonds is 3. The van der Waals surface area contributed by atoms with E-state index in [1.165, 1.54) is 6.08 Å². The fourth-order valence-corrected chi connectivity index (χ4v) is 2.44. The number of benzene rings is 1. The number of morpholine rings is 1. The van der Waals surface area contributed by atoms with Gasteiger partial charge in [-0.25, -0.2) is 0 Å². The van der Waals surface area contributed by atoms with Crippen molar-refractivity contribution >= 4 is 5.91 Å². The first-order valence-corrected chi connectivity index (χ1v) is 7.35. The molecule has 3 rings (SSSR count). The number of amides is 1. The number of ether oxygens (including phenoxy) is 5. The van der Waals surface area contributed by atoms with Crippen LogP contribution in [0.15, 0.2) is 24.0 Å². The number of fused-ring (bicyclic) bond motifs is 1. The first kappa shape index (κ1) is 15.5. The maximum absolute atomic E-state index is 12.2. The standard InChI is InChI=1S/C16H19NO6/c1-19-12-8-14-15(9-13(12)20-2)23-11(10-22-14)7-16(18)17-3-5-21-6-4-17/h7-9H,3-6,10H2,1-2H3/b11-7+. The molecule has 0 N–H and O–H groups in total. The van der Waals surface area contributed by atoms with Crippen molar-refractivity contribution in [3.8, 4) is 23.0 Å². The summed E-state index contributed by atoms with van der Waals surface area (Å²) in [5, 5.41) is 0. The van der Waals surface area contributed by atoms with Crippen molar-refractivity contribution in [1.82, 2.24) is 4.90 Å². The first-order valence-electron chi connectivity index (χ1n) is 7.35. The average molecular weight is 321 g/mol. The van der Waals surface area contributed by atoms with Gasteiger partial charge in [0, 0.05) is 31.3 Å². The number of methoxy groups -OCH3 is 2. The Kier molecular flexibility index (Phi) is 4.57. The molecule has 124 valence electrons. The van der Waals surface area contributed by atoms with E-state index in [2.05, 4.69) is 0 Å². The van der Waals surface area contributed by atoms with E-state index in [0.29, 0.717) is 55.1 Å². The minimum Gasteiger partial charge on any atom is -0.493 e. The molecule has 1 fully saturated rings. The number of carbonyl (C=O) groups excluding carboxylic acids is 1. The van der Waals surface area contributed by atoms with Gasteiger partial charge in [-0.3, -0.25) is 4.79 Å². The van der Waals surface area contributed by atoms with Crippen molar-refractivity contribution in [2.75, 3.05) is 47.1 Å². The third-order valence-electron chi connectivity index (χ3n) is 3.67. The van der Waals surface area contributed by atoms with Crippen molar-refractivity contribution in [3.63, 3.8) is 0 Å². The lowest BCUT2D eigenvalue weighted by atomic mass is 10.2. The van der Waals surface area contributed by atoms with Gasteiger partial charge in [0.25, 0.3) is 0 Å². The third kappa shape index (κ3) is 3.34. The van der Waals surface area contributed by atoms with Crippen molar-refractivity contribution in [2.24, 2.45) is 0 Å². The second-order valence-corrected chi connectivity index (χ2v) is 5.09. The highest BCUT2D eigenvalue weighted by atomic mass is 16.6. The molecule has 1 saturated heterocycles. The van der Waals surface area contributed by atoms with Gasteiger partial charge in [0.2, 0.25) is 5.91 Å². The molecule has 7 nitrogen and oxygen atoms in total. The van der Waals surface area contributed by atoms with Crippen LogP contribution in [-0.4, -0.2) is 57.9 Å². The summed E-state index contributed by atoms with van der Waals surface area (Å²) in [6, 6.07) is 3.38. The summed E-state index contributed by atoms with van der Waals surface area (Å²) >= 11 is 0. The summed E-state index contributed by atoms with van der Waals surface area (Å²) in [6.07, 6.45) is 1.46. The number of nitrogens with zero attached hydrogens (tertiary/aromatic N) is 1. The summed E-state index contributed by atoms with van der Waals surface area (Å²) in [4.78, 5) is 13.9. The number of hydrogen-bond donors (Lipinski definition) is 0. The van der Waals surface area contributed by atoms with Crippen LogP contribution in [0.4, 0.5) is 0 Å². The Morgan fingerprint density at radius 1 is 1.13 bits per heavy atom. The molecule has 0 spiro atoms. The van der Waals surface area contributed by atoms with E-state index in [1.54, 1.807) is 31.3 Å². The molecule has 2 aliphatic heterocycles. The van der Waals surface area contributed by atoms with Gasteiger partial charge in [-0.1, -0.05) is 0 Å². The highest BCUT2D eigenvalue weighted by Crippen LogP contribution is 2.42. The topological polar surface area (TPSA) is 66.5 Å². The quantitative estimate of drug-likeness (QED) is 0.780. The van der Waals surface area contributed by atoms with E-state index in [0.717, 1.165) is 0 Å². The van der Waals surface area contributed by atoms with E-state index in [9.17, 15) is 4.79 Å². The predicted molar refractivity (Wildman–Crippen MR) is 81.2 cm³/mol. The average Bonchev–Trinajstić information content (AvgIpc) is 2.61. The zero-order valence-electron chi connectivity index (χ0n) is 13.2. The van der Waals surface area contributed by atoms with Gasteiger partial charge >= 0.3 is 0 Å². The zero-order valence-corrected chi connectivity index (χ0v) is 13.2. The SMILES string of the molecule is COc1cc2c(cc1OC)O/C(=C/C(=O)N1CCOCC1)CO2. The van der Waals surface area contributed by atoms with Gasteiger partial charge in [0.1, 0.15) is 12.4 Å². The van der Waals surface area contributed by atoms with Gasteiger partial charge in [0.15, 0.2) is 23.0 Å². The smallest absolute Gasteiger partial charge is 0.250 e. The molecule has 0 unspecified atom stereocenters. The molecular formula is C16H19NO6. The van der Waals surface area contributed by atoms with Crippen LogP contribution in [-0.2, 0) is 9.53 Å². The van der Waals surface area contributed by atoms with Crippen LogP contribution in [0.25, 0.3) is 0 Å². The van der Waals surface area contributed by atoms with E-state index in [1.807, 2.05) is 0 Å². The summed E-state index contributed by atoms with van der Waals surface area (Å²) < 4.78 is 27.1. The van der Waals surface area contributed by atoms with Gasteiger partial charge in [0.05, 0.1) is 27.4 Å². The molecule has 0 atom stereocenters. The second-order valence-electron chi connectivity index (χ2n) is 5.09. The Morgan fingerprint density at radius 2 is 1.78 bits per heavy atom. The van der Waals surface area contributed by atoms with Crippen molar-refractivity contribution < 1.29 is 28.5 Å². The summed E-state index contributed by atoms with van der Waals surface area (Å²) in [7, 11) is 3.10. The summed E-state index contributed by atoms with van der Waals surface area (Å²) in [6.45, 7) is 2.49. The molecule has 0 radical (unpaired) electrons. The molecule has 1 aromatic carbocycles. The predicted octanol–water partition coefficient (Wildman–Crippen LogP) is 1.22. The Bertz CT molecular complexity index is 621. The lowest BCUT2D eigenvalue weighted by molar-refractivity contribution is -0.130. The molecule has 23 heavy (non-hydrogen) atoms. The Balaban J connectivity index is 1.76. The van der Waals surface area contributed by atoms with Crippen LogP contribution >= 0.6 is 0 Å². The summed E-state index contributed by atoms with van der Waals surface area (Å²) in [5.74, 6) is 2.51. The van der Waals surface area contributed by atoms with Crippen LogP contribution in [0.1, 0.15) is 0 Å². The van der Waals surface area contributed by atoms with Gasteiger partial charge in [-0.15, -0.1) is 0 Å². The van der Waals surface area contributed by atoms with E-state index in [-0.39, 0.29) is 12.5 Å². The maximum Gasteiger partial charge on any atom is 0.250 e. The number of hydrogen-bond acceptors (Lipinski definition) is 6. The van der Waals surface area contributed by atoms with Gasteiger partial charge in [-0.05, 0) is 0 Å². The van der Waals surface area contributed by atoms with Gasteiger partial charge < -0.3 is 28.6 Å². The molecule has 1 amide bonds. The maximum atomic E-state index is 12.2. The molecule has 0 aromatic heterocycles. The van der Waals surface area contributed by atoms with Crippen LogP contribution < -0.4 is 18.9 Å². The van der Waals surface area contributed by atoms with E-state index in [4.69, 9.17) is 23.7 Å². The number of carbonyl (C=O) groups is 1. The molecule has 0 bridgehead atoms.